The van der Waals surface area contributed by atoms with Gasteiger partial charge in [0, 0.05) is 0 Å². The highest BCUT2D eigenvalue weighted by Gasteiger charge is 2.19. The van der Waals surface area contributed by atoms with Crippen LogP contribution in [0.25, 0.3) is 27.8 Å². The third-order valence-corrected chi connectivity index (χ3v) is 3.69. The van der Waals surface area contributed by atoms with Gasteiger partial charge in [0.2, 0.25) is 5.82 Å². The normalized spacial score (nSPS) is 11.2. The zero-order chi connectivity index (χ0) is 16.0. The smallest absolute Gasteiger partial charge is 0.374 e. The van der Waals surface area contributed by atoms with E-state index >= 15 is 0 Å². The van der Waals surface area contributed by atoms with E-state index in [1.54, 1.807) is 16.7 Å². The van der Waals surface area contributed by atoms with E-state index in [1.165, 1.54) is 7.11 Å². The first-order chi connectivity index (χ1) is 11.2. The number of esters is 1. The number of methoxy groups -OCH3 is 1. The molecule has 0 fully saturated rings. The van der Waals surface area contributed by atoms with Gasteiger partial charge in [-0.1, -0.05) is 12.1 Å². The van der Waals surface area contributed by atoms with Crippen LogP contribution in [0.5, 0.6) is 0 Å². The molecule has 0 radical (unpaired) electrons. The molecule has 4 aromatic rings. The second kappa shape index (κ2) is 4.84. The van der Waals surface area contributed by atoms with Crippen LogP contribution in [0, 0.1) is 0 Å². The molecule has 2 N–H and O–H groups in total. The van der Waals surface area contributed by atoms with Gasteiger partial charge in [-0.25, -0.2) is 14.6 Å². The van der Waals surface area contributed by atoms with E-state index in [-0.39, 0.29) is 11.5 Å². The molecule has 7 nitrogen and oxygen atoms in total. The molecule has 0 saturated carbocycles. The number of fused-ring (bicyclic) bond motifs is 2. The molecule has 0 saturated heterocycles. The Morgan fingerprint density at radius 3 is 2.74 bits per heavy atom. The fourth-order valence-electron chi connectivity index (χ4n) is 2.68. The summed E-state index contributed by atoms with van der Waals surface area (Å²) < 4.78 is 6.55. The van der Waals surface area contributed by atoms with Crippen LogP contribution >= 0.6 is 0 Å². The molecule has 0 atom stereocenters. The minimum atomic E-state index is -0.524. The van der Waals surface area contributed by atoms with Crippen molar-refractivity contribution in [1.82, 2.24) is 19.5 Å². The number of carbonyl (C=O) groups is 1. The summed E-state index contributed by atoms with van der Waals surface area (Å²) in [6.07, 6.45) is 0. The predicted octanol–water partition coefficient (Wildman–Crippen LogP) is 1.98. The lowest BCUT2D eigenvalue weighted by Crippen LogP contribution is -2.10. The van der Waals surface area contributed by atoms with Gasteiger partial charge in [-0.05, 0) is 30.3 Å². The Morgan fingerprint density at radius 1 is 1.13 bits per heavy atom. The summed E-state index contributed by atoms with van der Waals surface area (Å²) in [5.74, 6) is -0.338. The minimum absolute atomic E-state index is 0.186. The minimum Gasteiger partial charge on any atom is -0.463 e. The topological polar surface area (TPSA) is 92.8 Å². The number of nitrogens with one attached hydrogen (secondary N) is 2. The Morgan fingerprint density at radius 2 is 1.91 bits per heavy atom. The molecule has 0 bridgehead atoms. The molecule has 7 heteroatoms. The van der Waals surface area contributed by atoms with Gasteiger partial charge in [-0.3, -0.25) is 4.57 Å². The number of para-hydroxylation sites is 2. The highest BCUT2D eigenvalue weighted by molar-refractivity contribution is 5.93. The van der Waals surface area contributed by atoms with E-state index < -0.39 is 5.97 Å². The number of ether oxygens (including phenoxy) is 1. The van der Waals surface area contributed by atoms with Crippen molar-refractivity contribution in [2.75, 3.05) is 7.11 Å². The molecule has 23 heavy (non-hydrogen) atoms. The van der Waals surface area contributed by atoms with Crippen LogP contribution in [0.3, 0.4) is 0 Å². The molecule has 0 spiro atoms. The van der Waals surface area contributed by atoms with Crippen LogP contribution in [-0.2, 0) is 4.74 Å². The highest BCUT2D eigenvalue weighted by atomic mass is 16.5. The van der Waals surface area contributed by atoms with Gasteiger partial charge in [0.1, 0.15) is 0 Å². The zero-order valence-corrected chi connectivity index (χ0v) is 12.2. The van der Waals surface area contributed by atoms with Crippen LogP contribution in [0.2, 0.25) is 0 Å². The van der Waals surface area contributed by atoms with Crippen molar-refractivity contribution < 1.29 is 9.53 Å². The first-order valence-electron chi connectivity index (χ1n) is 6.95. The third-order valence-electron chi connectivity index (χ3n) is 3.69. The van der Waals surface area contributed by atoms with Crippen molar-refractivity contribution in [3.63, 3.8) is 0 Å². The number of aromatic nitrogens is 4. The molecule has 0 unspecified atom stereocenters. The van der Waals surface area contributed by atoms with Crippen molar-refractivity contribution >= 4 is 28.0 Å². The molecule has 0 amide bonds. The fraction of sp³-hybridized carbons (Fsp3) is 0.0625. The molecule has 2 heterocycles. The maximum Gasteiger partial charge on any atom is 0.374 e. The van der Waals surface area contributed by atoms with Crippen molar-refractivity contribution in [2.24, 2.45) is 0 Å². The van der Waals surface area contributed by atoms with Crippen molar-refractivity contribution in [2.45, 2.75) is 0 Å². The Labute approximate surface area is 129 Å². The van der Waals surface area contributed by atoms with Gasteiger partial charge in [0.05, 0.1) is 34.9 Å². The summed E-state index contributed by atoms with van der Waals surface area (Å²) >= 11 is 0. The van der Waals surface area contributed by atoms with E-state index in [9.17, 15) is 9.59 Å². The fourth-order valence-corrected chi connectivity index (χ4v) is 2.68. The number of hydrogen-bond acceptors (Lipinski definition) is 4. The average molecular weight is 308 g/mol. The van der Waals surface area contributed by atoms with Gasteiger partial charge in [-0.15, -0.1) is 0 Å². The van der Waals surface area contributed by atoms with E-state index in [0.717, 1.165) is 5.52 Å². The van der Waals surface area contributed by atoms with Gasteiger partial charge in [0.25, 0.3) is 0 Å². The maximum absolute atomic E-state index is 12.1. The van der Waals surface area contributed by atoms with Crippen LogP contribution in [0.4, 0.5) is 0 Å². The molecular formula is C16H12N4O3. The van der Waals surface area contributed by atoms with Gasteiger partial charge in [0.15, 0.2) is 0 Å². The Bertz CT molecular complexity index is 1100. The number of hydrogen-bond donors (Lipinski definition) is 2. The summed E-state index contributed by atoms with van der Waals surface area (Å²) in [5.41, 5.74) is 3.26. The lowest BCUT2D eigenvalue weighted by atomic mass is 10.2. The highest BCUT2D eigenvalue weighted by Crippen LogP contribution is 2.23. The Balaban J connectivity index is 2.05. The summed E-state index contributed by atoms with van der Waals surface area (Å²) in [6.45, 7) is 0. The van der Waals surface area contributed by atoms with Gasteiger partial charge in [-0.2, -0.15) is 0 Å². The van der Waals surface area contributed by atoms with E-state index in [0.29, 0.717) is 22.2 Å². The van der Waals surface area contributed by atoms with E-state index in [2.05, 4.69) is 15.0 Å². The first kappa shape index (κ1) is 13.3. The van der Waals surface area contributed by atoms with E-state index in [1.807, 2.05) is 30.3 Å². The SMILES string of the molecule is COC(=O)c1nc2ccccc2n1-c1ccc2[nH]c(=O)[nH]c2c1. The molecule has 0 aliphatic carbocycles. The number of H-pyrrole nitrogens is 2. The number of imidazole rings is 2. The summed E-state index contributed by atoms with van der Waals surface area (Å²) in [7, 11) is 1.32. The number of nitrogens with zero attached hydrogens (tertiary/aromatic N) is 2. The largest absolute Gasteiger partial charge is 0.463 e. The Hall–Kier alpha value is -3.35. The number of rotatable bonds is 2. The van der Waals surface area contributed by atoms with Crippen LogP contribution in [0.15, 0.2) is 47.3 Å². The molecule has 114 valence electrons. The van der Waals surface area contributed by atoms with Crippen molar-refractivity contribution in [3.05, 3.63) is 58.8 Å². The molecule has 0 aliphatic heterocycles. The lowest BCUT2D eigenvalue weighted by molar-refractivity contribution is 0.0585. The molecule has 2 aromatic carbocycles. The Kier molecular flexibility index (Phi) is 2.80. The lowest BCUT2D eigenvalue weighted by Gasteiger charge is -2.08. The second-order valence-electron chi connectivity index (χ2n) is 5.06. The maximum atomic E-state index is 12.1. The molecular weight excluding hydrogens is 296 g/mol. The molecule has 4 rings (SSSR count). The predicted molar refractivity (Wildman–Crippen MR) is 84.9 cm³/mol. The van der Waals surface area contributed by atoms with E-state index in [4.69, 9.17) is 4.74 Å². The monoisotopic (exact) mass is 308 g/mol. The van der Waals surface area contributed by atoms with Crippen molar-refractivity contribution in [3.8, 4) is 5.69 Å². The van der Waals surface area contributed by atoms with Crippen LogP contribution in [0.1, 0.15) is 10.6 Å². The summed E-state index contributed by atoms with van der Waals surface area (Å²) in [6, 6.07) is 12.8. The van der Waals surface area contributed by atoms with Crippen LogP contribution in [-0.4, -0.2) is 32.6 Å². The van der Waals surface area contributed by atoms with Gasteiger partial charge >= 0.3 is 11.7 Å². The number of carbonyl (C=O) groups excluding carboxylic acids is 1. The van der Waals surface area contributed by atoms with Crippen LogP contribution < -0.4 is 5.69 Å². The standard InChI is InChI=1S/C16H12N4O3/c1-23-15(21)14-17-11-4-2-3-5-13(11)20(14)9-6-7-10-12(8-9)19-16(22)18-10/h2-8H,1H3,(H2,18,19,22). The van der Waals surface area contributed by atoms with Crippen molar-refractivity contribution in [1.29, 1.82) is 0 Å². The summed E-state index contributed by atoms with van der Waals surface area (Å²) in [4.78, 5) is 33.2. The molecule has 2 aromatic heterocycles. The molecule has 0 aliphatic rings. The third kappa shape index (κ3) is 2.02. The zero-order valence-electron chi connectivity index (χ0n) is 12.2. The average Bonchev–Trinajstić information content (AvgIpc) is 3.12. The first-order valence-corrected chi connectivity index (χ1v) is 6.95. The second-order valence-corrected chi connectivity index (χ2v) is 5.06. The quantitative estimate of drug-likeness (QED) is 0.554. The summed E-state index contributed by atoms with van der Waals surface area (Å²) in [5, 5.41) is 0. The number of aromatic amines is 2. The number of benzene rings is 2. The van der Waals surface area contributed by atoms with Gasteiger partial charge < -0.3 is 14.7 Å².